The number of benzene rings is 1. The molecule has 1 saturated heterocycles. The van der Waals surface area contributed by atoms with E-state index in [-0.39, 0.29) is 12.5 Å². The van der Waals surface area contributed by atoms with Crippen molar-refractivity contribution in [3.8, 4) is 6.07 Å². The van der Waals surface area contributed by atoms with E-state index in [2.05, 4.69) is 11.4 Å². The molecule has 29 heavy (non-hydrogen) atoms. The molecule has 1 aromatic carbocycles. The summed E-state index contributed by atoms with van der Waals surface area (Å²) in [6.45, 7) is 3.82. The number of amides is 1. The fourth-order valence-corrected chi connectivity index (χ4v) is 5.52. The van der Waals surface area contributed by atoms with Crippen LogP contribution < -0.4 is 5.32 Å². The van der Waals surface area contributed by atoms with Crippen LogP contribution in [0.1, 0.15) is 44.1 Å². The minimum absolute atomic E-state index is 0.150. The molecule has 0 bridgehead atoms. The second kappa shape index (κ2) is 9.24. The van der Waals surface area contributed by atoms with Crippen molar-refractivity contribution in [1.29, 1.82) is 5.26 Å². The predicted octanol–water partition coefficient (Wildman–Crippen LogP) is 2.03. The summed E-state index contributed by atoms with van der Waals surface area (Å²) >= 11 is 0. The minimum Gasteiger partial charge on any atom is -0.337 e. The Hall–Kier alpha value is -1.95. The fourth-order valence-electron chi connectivity index (χ4n) is 4.09. The molecule has 0 atom stereocenters. The third-order valence-corrected chi connectivity index (χ3v) is 7.82. The molecule has 0 spiro atoms. The molecule has 0 unspecified atom stereocenters. The van der Waals surface area contributed by atoms with Crippen LogP contribution in [-0.4, -0.2) is 61.8 Å². The van der Waals surface area contributed by atoms with Crippen molar-refractivity contribution in [2.24, 2.45) is 0 Å². The second-order valence-electron chi connectivity index (χ2n) is 8.15. The first-order valence-electron chi connectivity index (χ1n) is 10.4. The van der Waals surface area contributed by atoms with E-state index in [9.17, 15) is 18.5 Å². The van der Waals surface area contributed by atoms with Crippen LogP contribution >= 0.6 is 0 Å². The van der Waals surface area contributed by atoms with Gasteiger partial charge in [-0.1, -0.05) is 43.4 Å². The number of carbonyl (C=O) groups excluding carboxylic acids is 1. The van der Waals surface area contributed by atoms with Crippen LogP contribution in [0.4, 0.5) is 0 Å². The van der Waals surface area contributed by atoms with Crippen LogP contribution in [0.2, 0.25) is 0 Å². The van der Waals surface area contributed by atoms with E-state index in [1.165, 1.54) is 4.31 Å². The summed E-state index contributed by atoms with van der Waals surface area (Å²) in [6, 6.07) is 9.21. The lowest BCUT2D eigenvalue weighted by molar-refractivity contribution is -0.124. The quantitative estimate of drug-likeness (QED) is 0.739. The molecular weight excluding hydrogens is 388 g/mol. The highest BCUT2D eigenvalue weighted by atomic mass is 32.2. The Kier molecular flexibility index (Phi) is 6.93. The third kappa shape index (κ3) is 5.35. The first-order valence-corrected chi connectivity index (χ1v) is 11.8. The number of sulfonamides is 1. The van der Waals surface area contributed by atoms with E-state index in [1.54, 1.807) is 24.3 Å². The monoisotopic (exact) mass is 418 g/mol. The van der Waals surface area contributed by atoms with Gasteiger partial charge in [0.2, 0.25) is 15.9 Å². The molecule has 7 nitrogen and oxygen atoms in total. The zero-order valence-electron chi connectivity index (χ0n) is 17.1. The third-order valence-electron chi connectivity index (χ3n) is 5.91. The number of hydrogen-bond acceptors (Lipinski definition) is 5. The van der Waals surface area contributed by atoms with E-state index in [0.717, 1.165) is 31.2 Å². The van der Waals surface area contributed by atoms with Crippen LogP contribution in [0.5, 0.6) is 0 Å². The molecule has 158 valence electrons. The molecule has 3 rings (SSSR count). The Morgan fingerprint density at radius 1 is 1.07 bits per heavy atom. The standard InChI is InChI=1S/C21H30N4O3S/c1-18-6-8-19(9-7-18)29(27,28)25-14-12-24(13-15-25)16-20(26)23-21(17-22)10-4-2-3-5-11-21/h6-9H,2-5,10-16H2,1H3,(H,23,26). The van der Waals surface area contributed by atoms with Crippen LogP contribution in [0.3, 0.4) is 0 Å². The van der Waals surface area contributed by atoms with E-state index in [4.69, 9.17) is 0 Å². The van der Waals surface area contributed by atoms with Crippen molar-refractivity contribution >= 4 is 15.9 Å². The van der Waals surface area contributed by atoms with Gasteiger partial charge in [-0.05, 0) is 31.9 Å². The number of rotatable bonds is 5. The van der Waals surface area contributed by atoms with E-state index >= 15 is 0 Å². The van der Waals surface area contributed by atoms with Gasteiger partial charge in [0.05, 0.1) is 17.5 Å². The first kappa shape index (κ1) is 21.8. The molecule has 1 aromatic rings. The molecule has 0 radical (unpaired) electrons. The van der Waals surface area contributed by atoms with Gasteiger partial charge in [-0.2, -0.15) is 9.57 Å². The summed E-state index contributed by atoms with van der Waals surface area (Å²) in [5.74, 6) is -0.150. The normalized spacial score (nSPS) is 21.1. The lowest BCUT2D eigenvalue weighted by Crippen LogP contribution is -2.54. The van der Waals surface area contributed by atoms with Crippen molar-refractivity contribution in [2.45, 2.75) is 55.9 Å². The zero-order chi connectivity index (χ0) is 20.9. The summed E-state index contributed by atoms with van der Waals surface area (Å²) in [5, 5.41) is 12.6. The molecule has 1 aliphatic carbocycles. The lowest BCUT2D eigenvalue weighted by atomic mass is 9.92. The SMILES string of the molecule is Cc1ccc(S(=O)(=O)N2CCN(CC(=O)NC3(C#N)CCCCCC3)CC2)cc1. The molecule has 1 amide bonds. The molecule has 1 saturated carbocycles. The summed E-state index contributed by atoms with van der Waals surface area (Å²) in [7, 11) is -3.51. The first-order chi connectivity index (χ1) is 13.8. The smallest absolute Gasteiger partial charge is 0.243 e. The maximum absolute atomic E-state index is 12.8. The highest BCUT2D eigenvalue weighted by Crippen LogP contribution is 2.26. The number of aryl methyl sites for hydroxylation is 1. The minimum atomic E-state index is -3.51. The molecule has 2 aliphatic rings. The van der Waals surface area contributed by atoms with Gasteiger partial charge in [0.25, 0.3) is 0 Å². The molecule has 1 heterocycles. The van der Waals surface area contributed by atoms with Crippen molar-refractivity contribution in [1.82, 2.24) is 14.5 Å². The predicted molar refractivity (Wildman–Crippen MR) is 111 cm³/mol. The van der Waals surface area contributed by atoms with Gasteiger partial charge in [-0.3, -0.25) is 9.69 Å². The van der Waals surface area contributed by atoms with Crippen molar-refractivity contribution in [3.63, 3.8) is 0 Å². The maximum atomic E-state index is 12.8. The van der Waals surface area contributed by atoms with Gasteiger partial charge < -0.3 is 5.32 Å². The molecular formula is C21H30N4O3S. The Bertz CT molecular complexity index is 845. The maximum Gasteiger partial charge on any atom is 0.243 e. The highest BCUT2D eigenvalue weighted by molar-refractivity contribution is 7.89. The number of carbonyl (C=O) groups is 1. The number of nitriles is 1. The largest absolute Gasteiger partial charge is 0.337 e. The van der Waals surface area contributed by atoms with E-state index in [1.807, 2.05) is 11.8 Å². The summed E-state index contributed by atoms with van der Waals surface area (Å²) < 4.78 is 27.1. The van der Waals surface area contributed by atoms with Crippen LogP contribution in [-0.2, 0) is 14.8 Å². The average molecular weight is 419 g/mol. The van der Waals surface area contributed by atoms with Gasteiger partial charge in [-0.15, -0.1) is 0 Å². The van der Waals surface area contributed by atoms with Crippen molar-refractivity contribution in [3.05, 3.63) is 29.8 Å². The molecule has 8 heteroatoms. The summed E-state index contributed by atoms with van der Waals surface area (Å²) in [5.41, 5.74) is 0.271. The fraction of sp³-hybridized carbons (Fsp3) is 0.619. The number of nitrogens with zero attached hydrogens (tertiary/aromatic N) is 3. The van der Waals surface area contributed by atoms with Crippen LogP contribution in [0, 0.1) is 18.3 Å². The second-order valence-corrected chi connectivity index (χ2v) is 10.1. The van der Waals surface area contributed by atoms with Crippen LogP contribution in [0.15, 0.2) is 29.2 Å². The van der Waals surface area contributed by atoms with E-state index in [0.29, 0.717) is 43.9 Å². The Balaban J connectivity index is 1.53. The number of piperazine rings is 1. The molecule has 1 aliphatic heterocycles. The van der Waals surface area contributed by atoms with Gasteiger partial charge >= 0.3 is 0 Å². The van der Waals surface area contributed by atoms with Gasteiger partial charge in [-0.25, -0.2) is 8.42 Å². The van der Waals surface area contributed by atoms with Gasteiger partial charge in [0.15, 0.2) is 0 Å². The Morgan fingerprint density at radius 2 is 1.66 bits per heavy atom. The number of nitrogens with one attached hydrogen (secondary N) is 1. The van der Waals surface area contributed by atoms with Crippen LogP contribution in [0.25, 0.3) is 0 Å². The lowest BCUT2D eigenvalue weighted by Gasteiger charge is -2.34. The summed E-state index contributed by atoms with van der Waals surface area (Å²) in [6.07, 6.45) is 5.55. The van der Waals surface area contributed by atoms with E-state index < -0.39 is 15.6 Å². The van der Waals surface area contributed by atoms with Gasteiger partial charge in [0, 0.05) is 26.2 Å². The zero-order valence-corrected chi connectivity index (χ0v) is 17.9. The Morgan fingerprint density at radius 3 is 2.21 bits per heavy atom. The highest BCUT2D eigenvalue weighted by Gasteiger charge is 2.34. The average Bonchev–Trinajstić information content (AvgIpc) is 2.94. The number of hydrogen-bond donors (Lipinski definition) is 1. The molecule has 2 fully saturated rings. The summed E-state index contributed by atoms with van der Waals surface area (Å²) in [4.78, 5) is 14.8. The molecule has 0 aromatic heterocycles. The topological polar surface area (TPSA) is 93.5 Å². The van der Waals surface area contributed by atoms with Crippen molar-refractivity contribution < 1.29 is 13.2 Å². The Labute approximate surface area is 173 Å². The molecule has 1 N–H and O–H groups in total. The van der Waals surface area contributed by atoms with Crippen molar-refractivity contribution in [2.75, 3.05) is 32.7 Å². The van der Waals surface area contributed by atoms with Gasteiger partial charge in [0.1, 0.15) is 5.54 Å².